The van der Waals surface area contributed by atoms with Crippen LogP contribution >= 0.6 is 0 Å². The van der Waals surface area contributed by atoms with Crippen molar-refractivity contribution in [2.45, 2.75) is 37.1 Å². The molecular formula is C20H24N2O4S. The summed E-state index contributed by atoms with van der Waals surface area (Å²) in [4.78, 5) is 12.2. The molecule has 0 aliphatic heterocycles. The van der Waals surface area contributed by atoms with Crippen LogP contribution in [0.3, 0.4) is 0 Å². The zero-order valence-corrected chi connectivity index (χ0v) is 16.1. The molecule has 7 heteroatoms. The summed E-state index contributed by atoms with van der Waals surface area (Å²) in [5.74, 6) is 0.357. The molecule has 0 unspecified atom stereocenters. The van der Waals surface area contributed by atoms with Crippen molar-refractivity contribution in [2.75, 3.05) is 13.7 Å². The number of fused-ring (bicyclic) bond motifs is 1. The van der Waals surface area contributed by atoms with Gasteiger partial charge in [-0.15, -0.1) is 0 Å². The van der Waals surface area contributed by atoms with Gasteiger partial charge >= 0.3 is 0 Å². The number of methoxy groups -OCH3 is 1. The van der Waals surface area contributed by atoms with Crippen LogP contribution in [0, 0.1) is 0 Å². The van der Waals surface area contributed by atoms with Crippen molar-refractivity contribution < 1.29 is 17.9 Å². The van der Waals surface area contributed by atoms with E-state index in [0.29, 0.717) is 6.54 Å². The van der Waals surface area contributed by atoms with Crippen LogP contribution in [0.2, 0.25) is 0 Å². The van der Waals surface area contributed by atoms with Gasteiger partial charge < -0.3 is 10.1 Å². The number of hydrogen-bond acceptors (Lipinski definition) is 4. The predicted octanol–water partition coefficient (Wildman–Crippen LogP) is 2.17. The second-order valence-corrected chi connectivity index (χ2v) is 8.35. The molecular weight excluding hydrogens is 364 g/mol. The second-order valence-electron chi connectivity index (χ2n) is 6.59. The summed E-state index contributed by atoms with van der Waals surface area (Å²) in [6, 6.07) is 12.5. The van der Waals surface area contributed by atoms with Gasteiger partial charge in [-0.3, -0.25) is 4.79 Å². The van der Waals surface area contributed by atoms with Gasteiger partial charge in [0.2, 0.25) is 15.9 Å². The number of sulfonamides is 1. The average Bonchev–Trinajstić information content (AvgIpc) is 2.70. The summed E-state index contributed by atoms with van der Waals surface area (Å²) in [6.45, 7) is 0.0268. The second kappa shape index (κ2) is 8.54. The Labute approximate surface area is 160 Å². The number of ether oxygens (including phenoxy) is 1. The van der Waals surface area contributed by atoms with E-state index < -0.39 is 10.0 Å². The monoisotopic (exact) mass is 388 g/mol. The van der Waals surface area contributed by atoms with Gasteiger partial charge in [0.25, 0.3) is 0 Å². The Kier molecular flexibility index (Phi) is 6.13. The van der Waals surface area contributed by atoms with E-state index in [1.807, 2.05) is 18.2 Å². The van der Waals surface area contributed by atoms with Crippen molar-refractivity contribution in [2.24, 2.45) is 0 Å². The molecule has 144 valence electrons. The fourth-order valence-corrected chi connectivity index (χ4v) is 4.16. The van der Waals surface area contributed by atoms with Crippen LogP contribution in [-0.4, -0.2) is 28.0 Å². The van der Waals surface area contributed by atoms with Crippen LogP contribution in [-0.2, 0) is 34.2 Å². The van der Waals surface area contributed by atoms with Crippen LogP contribution < -0.4 is 14.8 Å². The van der Waals surface area contributed by atoms with E-state index in [1.54, 1.807) is 31.4 Å². The highest BCUT2D eigenvalue weighted by Gasteiger charge is 2.18. The molecule has 0 saturated heterocycles. The summed E-state index contributed by atoms with van der Waals surface area (Å²) < 4.78 is 32.4. The van der Waals surface area contributed by atoms with Crippen molar-refractivity contribution in [3.05, 3.63) is 59.2 Å². The van der Waals surface area contributed by atoms with Gasteiger partial charge in [-0.25, -0.2) is 13.1 Å². The quantitative estimate of drug-likeness (QED) is 0.761. The zero-order valence-electron chi connectivity index (χ0n) is 15.3. The number of carbonyl (C=O) groups is 1. The first-order valence-electron chi connectivity index (χ1n) is 8.99. The first-order valence-corrected chi connectivity index (χ1v) is 10.5. The van der Waals surface area contributed by atoms with Gasteiger partial charge in [-0.1, -0.05) is 18.2 Å². The third-order valence-corrected chi connectivity index (χ3v) is 6.10. The normalized spacial score (nSPS) is 13.7. The molecule has 0 fully saturated rings. The minimum absolute atomic E-state index is 0.214. The molecule has 2 N–H and O–H groups in total. The molecule has 6 nitrogen and oxygen atoms in total. The topological polar surface area (TPSA) is 84.5 Å². The number of aryl methyl sites for hydroxylation is 2. The highest BCUT2D eigenvalue weighted by atomic mass is 32.2. The zero-order chi connectivity index (χ0) is 19.3. The number of benzene rings is 2. The fourth-order valence-electron chi connectivity index (χ4n) is 3.13. The summed E-state index contributed by atoms with van der Waals surface area (Å²) >= 11 is 0. The fraction of sp³-hybridized carbons (Fsp3) is 0.350. The van der Waals surface area contributed by atoms with Crippen molar-refractivity contribution >= 4 is 15.9 Å². The molecule has 3 rings (SSSR count). The molecule has 2 aromatic rings. The van der Waals surface area contributed by atoms with Gasteiger partial charge in [0.05, 0.1) is 18.6 Å². The highest BCUT2D eigenvalue weighted by Crippen LogP contribution is 2.23. The van der Waals surface area contributed by atoms with Crippen molar-refractivity contribution in [3.8, 4) is 5.75 Å². The van der Waals surface area contributed by atoms with Gasteiger partial charge in [0.15, 0.2) is 0 Å². The summed E-state index contributed by atoms with van der Waals surface area (Å²) in [5, 5.41) is 2.70. The van der Waals surface area contributed by atoms with Gasteiger partial charge in [0, 0.05) is 6.54 Å². The Morgan fingerprint density at radius 1 is 1.04 bits per heavy atom. The lowest BCUT2D eigenvalue weighted by molar-refractivity contribution is -0.120. The van der Waals surface area contributed by atoms with Gasteiger partial charge in [-0.05, 0) is 66.6 Å². The van der Waals surface area contributed by atoms with Crippen LogP contribution in [0.1, 0.15) is 29.5 Å². The van der Waals surface area contributed by atoms with Crippen LogP contribution in [0.25, 0.3) is 0 Å². The van der Waals surface area contributed by atoms with Gasteiger partial charge in [-0.2, -0.15) is 0 Å². The molecule has 0 heterocycles. The lowest BCUT2D eigenvalue weighted by Crippen LogP contribution is -2.36. The molecule has 0 spiro atoms. The maximum Gasteiger partial charge on any atom is 0.241 e. The third kappa shape index (κ3) is 5.08. The summed E-state index contributed by atoms with van der Waals surface area (Å²) in [7, 11) is -2.12. The predicted molar refractivity (Wildman–Crippen MR) is 103 cm³/mol. The maximum absolute atomic E-state index is 12.5. The minimum Gasteiger partial charge on any atom is -0.497 e. The molecule has 0 bridgehead atoms. The Hall–Kier alpha value is -2.38. The van der Waals surface area contributed by atoms with E-state index in [9.17, 15) is 13.2 Å². The molecule has 1 aliphatic carbocycles. The van der Waals surface area contributed by atoms with E-state index in [-0.39, 0.29) is 17.3 Å². The lowest BCUT2D eigenvalue weighted by Gasteiger charge is -2.16. The minimum atomic E-state index is -3.71. The smallest absolute Gasteiger partial charge is 0.241 e. The lowest BCUT2D eigenvalue weighted by atomic mass is 9.92. The molecule has 27 heavy (non-hydrogen) atoms. The molecule has 0 atom stereocenters. The number of carbonyl (C=O) groups excluding carboxylic acids is 1. The highest BCUT2D eigenvalue weighted by molar-refractivity contribution is 7.89. The first-order chi connectivity index (χ1) is 13.0. The largest absolute Gasteiger partial charge is 0.497 e. The Balaban J connectivity index is 1.54. The molecule has 0 radical (unpaired) electrons. The third-order valence-electron chi connectivity index (χ3n) is 4.70. The molecule has 0 saturated carbocycles. The van der Waals surface area contributed by atoms with Crippen molar-refractivity contribution in [1.82, 2.24) is 10.0 Å². The van der Waals surface area contributed by atoms with Crippen LogP contribution in [0.4, 0.5) is 0 Å². The van der Waals surface area contributed by atoms with Crippen molar-refractivity contribution in [3.63, 3.8) is 0 Å². The van der Waals surface area contributed by atoms with E-state index in [0.717, 1.165) is 42.6 Å². The van der Waals surface area contributed by atoms with E-state index in [2.05, 4.69) is 10.0 Å². The van der Waals surface area contributed by atoms with Gasteiger partial charge in [0.1, 0.15) is 5.75 Å². The van der Waals surface area contributed by atoms with Crippen LogP contribution in [0.5, 0.6) is 5.75 Å². The Morgan fingerprint density at radius 2 is 1.74 bits per heavy atom. The molecule has 2 aromatic carbocycles. The van der Waals surface area contributed by atoms with Crippen molar-refractivity contribution in [1.29, 1.82) is 0 Å². The number of amides is 1. The van der Waals surface area contributed by atoms with E-state index in [4.69, 9.17) is 4.74 Å². The summed E-state index contributed by atoms with van der Waals surface area (Å²) in [5.41, 5.74) is 3.22. The average molecular weight is 388 g/mol. The molecule has 0 aromatic heterocycles. The number of nitrogens with one attached hydrogen (secondary N) is 2. The maximum atomic E-state index is 12.5. The SMILES string of the molecule is COc1ccc(CNC(=O)CNS(=O)(=O)c2ccc3c(c2)CCCC3)cc1. The first kappa shape index (κ1) is 19.4. The number of hydrogen-bond donors (Lipinski definition) is 2. The van der Waals surface area contributed by atoms with E-state index in [1.165, 1.54) is 5.56 Å². The standard InChI is InChI=1S/C20H24N2O4S/c1-26-18-9-6-15(7-10-18)13-21-20(23)14-22-27(24,25)19-11-8-16-4-2-3-5-17(16)12-19/h6-12,22H,2-5,13-14H2,1H3,(H,21,23). The van der Waals surface area contributed by atoms with Crippen LogP contribution in [0.15, 0.2) is 47.4 Å². The Bertz CT molecular complexity index is 908. The number of rotatable bonds is 7. The summed E-state index contributed by atoms with van der Waals surface area (Å²) in [6.07, 6.45) is 4.13. The Morgan fingerprint density at radius 3 is 2.44 bits per heavy atom. The molecule has 1 amide bonds. The molecule has 1 aliphatic rings. The van der Waals surface area contributed by atoms with E-state index >= 15 is 0 Å².